The molecule has 0 radical (unpaired) electrons. The van der Waals surface area contributed by atoms with Crippen molar-refractivity contribution in [1.29, 1.82) is 0 Å². The van der Waals surface area contributed by atoms with Crippen LogP contribution >= 0.6 is 0 Å². The molecule has 3 nitrogen and oxygen atoms in total. The molecule has 0 aliphatic carbocycles. The topological polar surface area (TPSA) is 42.1 Å². The predicted molar refractivity (Wildman–Crippen MR) is 80.8 cm³/mol. The summed E-state index contributed by atoms with van der Waals surface area (Å²) in [6, 6.07) is 12.5. The van der Waals surface area contributed by atoms with Crippen LogP contribution in [-0.2, 0) is 0 Å². The van der Waals surface area contributed by atoms with Gasteiger partial charge in [-0.2, -0.15) is 0 Å². The fraction of sp³-hybridized carbons (Fsp3) is 0.312. The van der Waals surface area contributed by atoms with Gasteiger partial charge in [-0.1, -0.05) is 24.3 Å². The van der Waals surface area contributed by atoms with Gasteiger partial charge in [0.05, 0.1) is 0 Å². The molecule has 1 aromatic carbocycles. The maximum absolute atomic E-state index is 5.65. The number of para-hydroxylation sites is 1. The molecule has 0 aliphatic heterocycles. The van der Waals surface area contributed by atoms with Crippen LogP contribution in [0.2, 0.25) is 0 Å². The number of pyridine rings is 1. The number of benzene rings is 1. The number of nitrogens with zero attached hydrogens (tertiary/aromatic N) is 2. The molecule has 2 aromatic rings. The Kier molecular flexibility index (Phi) is 4.53. The SMILES string of the molecule is Cc1ccc(N(CCCN)c2ccccc2C)nc1. The Morgan fingerprint density at radius 3 is 2.53 bits per heavy atom. The highest BCUT2D eigenvalue weighted by molar-refractivity contribution is 5.63. The highest BCUT2D eigenvalue weighted by atomic mass is 15.2. The molecule has 0 fully saturated rings. The number of aromatic nitrogens is 1. The van der Waals surface area contributed by atoms with Gasteiger partial charge in [-0.3, -0.25) is 0 Å². The van der Waals surface area contributed by atoms with Gasteiger partial charge in [0.25, 0.3) is 0 Å². The summed E-state index contributed by atoms with van der Waals surface area (Å²) in [5.74, 6) is 0.980. The van der Waals surface area contributed by atoms with Gasteiger partial charge >= 0.3 is 0 Å². The molecule has 1 aromatic heterocycles. The maximum Gasteiger partial charge on any atom is 0.132 e. The van der Waals surface area contributed by atoms with Gasteiger partial charge in [-0.25, -0.2) is 4.98 Å². The van der Waals surface area contributed by atoms with Crippen LogP contribution in [-0.4, -0.2) is 18.1 Å². The molecule has 0 saturated heterocycles. The van der Waals surface area contributed by atoms with Crippen molar-refractivity contribution in [2.45, 2.75) is 20.3 Å². The zero-order valence-corrected chi connectivity index (χ0v) is 11.6. The summed E-state index contributed by atoms with van der Waals surface area (Å²) in [6.07, 6.45) is 2.85. The van der Waals surface area contributed by atoms with E-state index in [-0.39, 0.29) is 0 Å². The highest BCUT2D eigenvalue weighted by Crippen LogP contribution is 2.26. The minimum absolute atomic E-state index is 0.689. The van der Waals surface area contributed by atoms with Crippen molar-refractivity contribution in [3.8, 4) is 0 Å². The first-order valence-electron chi connectivity index (χ1n) is 6.68. The van der Waals surface area contributed by atoms with Crippen LogP contribution in [0.15, 0.2) is 42.6 Å². The minimum atomic E-state index is 0.689. The first-order chi connectivity index (χ1) is 9.22. The van der Waals surface area contributed by atoms with E-state index in [1.54, 1.807) is 0 Å². The Morgan fingerprint density at radius 1 is 1.11 bits per heavy atom. The predicted octanol–water partition coefficient (Wildman–Crippen LogP) is 3.19. The number of nitrogens with two attached hydrogens (primary N) is 1. The van der Waals surface area contributed by atoms with Gasteiger partial charge in [-0.05, 0) is 50.1 Å². The maximum atomic E-state index is 5.65. The van der Waals surface area contributed by atoms with Crippen LogP contribution in [0, 0.1) is 13.8 Å². The average Bonchev–Trinajstić information content (AvgIpc) is 2.43. The summed E-state index contributed by atoms with van der Waals surface area (Å²) < 4.78 is 0. The van der Waals surface area contributed by atoms with E-state index in [0.717, 1.165) is 18.8 Å². The highest BCUT2D eigenvalue weighted by Gasteiger charge is 2.11. The van der Waals surface area contributed by atoms with E-state index in [0.29, 0.717) is 6.54 Å². The van der Waals surface area contributed by atoms with Crippen LogP contribution in [0.1, 0.15) is 17.5 Å². The lowest BCUT2D eigenvalue weighted by Crippen LogP contribution is -2.22. The third kappa shape index (κ3) is 3.32. The molecule has 1 heterocycles. The molecule has 0 spiro atoms. The lowest BCUT2D eigenvalue weighted by Gasteiger charge is -2.25. The van der Waals surface area contributed by atoms with Crippen molar-refractivity contribution in [1.82, 2.24) is 4.98 Å². The largest absolute Gasteiger partial charge is 0.330 e. The van der Waals surface area contributed by atoms with Gasteiger partial charge in [0.1, 0.15) is 5.82 Å². The van der Waals surface area contributed by atoms with Crippen molar-refractivity contribution in [2.75, 3.05) is 18.0 Å². The third-order valence-electron chi connectivity index (χ3n) is 3.16. The van der Waals surface area contributed by atoms with Crippen LogP contribution < -0.4 is 10.6 Å². The second kappa shape index (κ2) is 6.34. The van der Waals surface area contributed by atoms with E-state index >= 15 is 0 Å². The van der Waals surface area contributed by atoms with Gasteiger partial charge in [-0.15, -0.1) is 0 Å². The zero-order chi connectivity index (χ0) is 13.7. The fourth-order valence-electron chi connectivity index (χ4n) is 2.09. The standard InChI is InChI=1S/C16H21N3/c1-13-8-9-16(18-12-13)19(11-5-10-17)15-7-4-3-6-14(15)2/h3-4,6-9,12H,5,10-11,17H2,1-2H3. The second-order valence-electron chi connectivity index (χ2n) is 4.77. The number of aryl methyl sites for hydroxylation is 2. The van der Waals surface area contributed by atoms with Crippen LogP contribution in [0.4, 0.5) is 11.5 Å². The van der Waals surface area contributed by atoms with Gasteiger partial charge in [0.2, 0.25) is 0 Å². The van der Waals surface area contributed by atoms with Gasteiger partial charge < -0.3 is 10.6 Å². The molecular formula is C16H21N3. The molecule has 2 rings (SSSR count). The van der Waals surface area contributed by atoms with E-state index in [2.05, 4.69) is 60.1 Å². The summed E-state index contributed by atoms with van der Waals surface area (Å²) >= 11 is 0. The summed E-state index contributed by atoms with van der Waals surface area (Å²) in [5.41, 5.74) is 9.27. The molecule has 0 atom stereocenters. The van der Waals surface area contributed by atoms with E-state index in [1.807, 2.05) is 6.20 Å². The Balaban J connectivity index is 2.35. The molecule has 19 heavy (non-hydrogen) atoms. The molecule has 0 aliphatic rings. The van der Waals surface area contributed by atoms with Crippen LogP contribution in [0.5, 0.6) is 0 Å². The average molecular weight is 255 g/mol. The lowest BCUT2D eigenvalue weighted by atomic mass is 10.1. The monoisotopic (exact) mass is 255 g/mol. The molecule has 100 valence electrons. The smallest absolute Gasteiger partial charge is 0.132 e. The van der Waals surface area contributed by atoms with Crippen molar-refractivity contribution < 1.29 is 0 Å². The van der Waals surface area contributed by atoms with E-state index in [4.69, 9.17) is 5.73 Å². The Hall–Kier alpha value is -1.87. The van der Waals surface area contributed by atoms with E-state index < -0.39 is 0 Å². The van der Waals surface area contributed by atoms with Crippen molar-refractivity contribution in [2.24, 2.45) is 5.73 Å². The number of hydrogen-bond acceptors (Lipinski definition) is 3. The quantitative estimate of drug-likeness (QED) is 0.892. The summed E-state index contributed by atoms with van der Waals surface area (Å²) in [4.78, 5) is 6.77. The van der Waals surface area contributed by atoms with Crippen LogP contribution in [0.3, 0.4) is 0 Å². The van der Waals surface area contributed by atoms with Crippen molar-refractivity contribution in [3.63, 3.8) is 0 Å². The summed E-state index contributed by atoms with van der Waals surface area (Å²) in [5, 5.41) is 0. The lowest BCUT2D eigenvalue weighted by molar-refractivity contribution is 0.808. The Bertz CT molecular complexity index is 520. The summed E-state index contributed by atoms with van der Waals surface area (Å²) in [6.45, 7) is 5.75. The number of hydrogen-bond donors (Lipinski definition) is 1. The number of anilines is 2. The normalized spacial score (nSPS) is 10.5. The van der Waals surface area contributed by atoms with Crippen LogP contribution in [0.25, 0.3) is 0 Å². The van der Waals surface area contributed by atoms with E-state index in [1.165, 1.54) is 16.8 Å². The van der Waals surface area contributed by atoms with Gasteiger partial charge in [0, 0.05) is 18.4 Å². The van der Waals surface area contributed by atoms with E-state index in [9.17, 15) is 0 Å². The fourth-order valence-corrected chi connectivity index (χ4v) is 2.09. The van der Waals surface area contributed by atoms with Crippen molar-refractivity contribution in [3.05, 3.63) is 53.7 Å². The van der Waals surface area contributed by atoms with Crippen molar-refractivity contribution >= 4 is 11.5 Å². The molecular weight excluding hydrogens is 234 g/mol. The summed E-state index contributed by atoms with van der Waals surface area (Å²) in [7, 11) is 0. The second-order valence-corrected chi connectivity index (χ2v) is 4.77. The zero-order valence-electron chi connectivity index (χ0n) is 11.6. The van der Waals surface area contributed by atoms with Gasteiger partial charge in [0.15, 0.2) is 0 Å². The molecule has 0 unspecified atom stereocenters. The Morgan fingerprint density at radius 2 is 1.89 bits per heavy atom. The minimum Gasteiger partial charge on any atom is -0.330 e. The molecule has 0 amide bonds. The molecule has 2 N–H and O–H groups in total. The molecule has 0 saturated carbocycles. The number of rotatable bonds is 5. The molecule has 3 heteroatoms. The first-order valence-corrected chi connectivity index (χ1v) is 6.68. The Labute approximate surface area is 115 Å². The first kappa shape index (κ1) is 13.6. The third-order valence-corrected chi connectivity index (χ3v) is 3.16. The molecule has 0 bridgehead atoms.